The van der Waals surface area contributed by atoms with Gasteiger partial charge in [-0.3, -0.25) is 9.59 Å². The molecule has 2 aliphatic rings. The highest BCUT2D eigenvalue weighted by Gasteiger charge is 2.46. The van der Waals surface area contributed by atoms with Crippen LogP contribution in [0.15, 0.2) is 41.8 Å². The molecule has 0 unspecified atom stereocenters. The molecule has 160 valence electrons. The second-order valence-electron chi connectivity index (χ2n) is 8.64. The molecule has 0 bridgehead atoms. The Kier molecular flexibility index (Phi) is 6.25. The molecule has 2 aromatic rings. The SMILES string of the molecule is CCN1CCN(C(=O)[C@@H]2c3ccccc3C(=O)N(CC(C)C)[C@@H]2c2cccs2)CC1. The van der Waals surface area contributed by atoms with Crippen LogP contribution in [-0.4, -0.2) is 65.8 Å². The minimum absolute atomic E-state index is 0.0394. The van der Waals surface area contributed by atoms with E-state index in [1.54, 1.807) is 11.3 Å². The number of carbonyl (C=O) groups excluding carboxylic acids is 2. The maximum atomic E-state index is 13.9. The van der Waals surface area contributed by atoms with Gasteiger partial charge < -0.3 is 14.7 Å². The largest absolute Gasteiger partial charge is 0.340 e. The van der Waals surface area contributed by atoms with Crippen molar-refractivity contribution in [2.24, 2.45) is 5.92 Å². The van der Waals surface area contributed by atoms with Gasteiger partial charge in [0.1, 0.15) is 0 Å². The van der Waals surface area contributed by atoms with E-state index in [9.17, 15) is 9.59 Å². The Bertz CT molecular complexity index is 888. The number of thiophene rings is 1. The van der Waals surface area contributed by atoms with E-state index in [0.29, 0.717) is 18.0 Å². The first-order chi connectivity index (χ1) is 14.5. The molecule has 1 aromatic heterocycles. The fraction of sp³-hybridized carbons (Fsp3) is 0.500. The van der Waals surface area contributed by atoms with Crippen LogP contribution in [0.1, 0.15) is 53.5 Å². The molecule has 6 heteroatoms. The fourth-order valence-electron chi connectivity index (χ4n) is 4.71. The third-order valence-electron chi connectivity index (χ3n) is 6.23. The topological polar surface area (TPSA) is 43.9 Å². The van der Waals surface area contributed by atoms with Crippen molar-refractivity contribution in [3.8, 4) is 0 Å². The number of carbonyl (C=O) groups is 2. The molecular weight excluding hydrogens is 394 g/mol. The average molecular weight is 426 g/mol. The quantitative estimate of drug-likeness (QED) is 0.731. The van der Waals surface area contributed by atoms with Gasteiger partial charge in [0.25, 0.3) is 5.91 Å². The fourth-order valence-corrected chi connectivity index (χ4v) is 5.58. The highest BCUT2D eigenvalue weighted by molar-refractivity contribution is 7.10. The Morgan fingerprint density at radius 3 is 2.47 bits per heavy atom. The summed E-state index contributed by atoms with van der Waals surface area (Å²) >= 11 is 1.64. The number of hydrogen-bond donors (Lipinski definition) is 0. The van der Waals surface area contributed by atoms with Crippen LogP contribution in [0.3, 0.4) is 0 Å². The van der Waals surface area contributed by atoms with E-state index in [1.165, 1.54) is 0 Å². The number of fused-ring (bicyclic) bond motifs is 1. The monoisotopic (exact) mass is 425 g/mol. The van der Waals surface area contributed by atoms with Crippen LogP contribution >= 0.6 is 11.3 Å². The number of benzene rings is 1. The molecule has 0 spiro atoms. The molecule has 3 heterocycles. The highest BCUT2D eigenvalue weighted by atomic mass is 32.1. The van der Waals surface area contributed by atoms with Gasteiger partial charge in [0.2, 0.25) is 5.91 Å². The van der Waals surface area contributed by atoms with Crippen LogP contribution in [0.2, 0.25) is 0 Å². The normalized spacial score (nSPS) is 22.5. The summed E-state index contributed by atoms with van der Waals surface area (Å²) < 4.78 is 0. The molecule has 4 rings (SSSR count). The summed E-state index contributed by atoms with van der Waals surface area (Å²) in [6, 6.07) is 11.5. The Morgan fingerprint density at radius 2 is 1.83 bits per heavy atom. The molecule has 0 N–H and O–H groups in total. The van der Waals surface area contributed by atoms with Crippen LogP contribution in [-0.2, 0) is 4.79 Å². The molecule has 0 aliphatic carbocycles. The summed E-state index contributed by atoms with van der Waals surface area (Å²) in [5.74, 6) is 0.158. The van der Waals surface area contributed by atoms with E-state index >= 15 is 0 Å². The number of piperazine rings is 1. The molecule has 2 amide bonds. The third kappa shape index (κ3) is 3.91. The van der Waals surface area contributed by atoms with Crippen molar-refractivity contribution in [1.29, 1.82) is 0 Å². The zero-order valence-electron chi connectivity index (χ0n) is 18.1. The van der Waals surface area contributed by atoms with Crippen molar-refractivity contribution in [2.45, 2.75) is 32.7 Å². The van der Waals surface area contributed by atoms with Gasteiger partial charge in [0.05, 0.1) is 12.0 Å². The smallest absolute Gasteiger partial charge is 0.254 e. The first-order valence-electron chi connectivity index (χ1n) is 11.0. The number of likely N-dealkylation sites (N-methyl/N-ethyl adjacent to an activating group) is 1. The zero-order valence-corrected chi connectivity index (χ0v) is 18.9. The van der Waals surface area contributed by atoms with Gasteiger partial charge in [-0.2, -0.15) is 0 Å². The third-order valence-corrected chi connectivity index (χ3v) is 7.18. The molecule has 0 saturated carbocycles. The van der Waals surface area contributed by atoms with Crippen molar-refractivity contribution in [3.63, 3.8) is 0 Å². The number of nitrogens with zero attached hydrogens (tertiary/aromatic N) is 3. The number of rotatable bonds is 5. The van der Waals surface area contributed by atoms with E-state index in [2.05, 4.69) is 31.7 Å². The average Bonchev–Trinajstić information content (AvgIpc) is 3.29. The van der Waals surface area contributed by atoms with Crippen molar-refractivity contribution in [3.05, 3.63) is 57.8 Å². The zero-order chi connectivity index (χ0) is 21.3. The lowest BCUT2D eigenvalue weighted by Gasteiger charge is -2.44. The molecule has 0 radical (unpaired) electrons. The summed E-state index contributed by atoms with van der Waals surface area (Å²) in [4.78, 5) is 34.8. The highest BCUT2D eigenvalue weighted by Crippen LogP contribution is 2.45. The van der Waals surface area contributed by atoms with Gasteiger partial charge >= 0.3 is 0 Å². The minimum Gasteiger partial charge on any atom is -0.340 e. The summed E-state index contributed by atoms with van der Waals surface area (Å²) in [5.41, 5.74) is 1.56. The molecule has 1 saturated heterocycles. The van der Waals surface area contributed by atoms with Crippen LogP contribution < -0.4 is 0 Å². The van der Waals surface area contributed by atoms with Gasteiger partial charge in [-0.25, -0.2) is 0 Å². The first kappa shape index (κ1) is 21.1. The predicted molar refractivity (Wildman–Crippen MR) is 121 cm³/mol. The number of hydrogen-bond acceptors (Lipinski definition) is 4. The van der Waals surface area contributed by atoms with Gasteiger partial charge in [0, 0.05) is 43.2 Å². The predicted octanol–water partition coefficient (Wildman–Crippen LogP) is 3.85. The van der Waals surface area contributed by atoms with Crippen molar-refractivity contribution < 1.29 is 9.59 Å². The van der Waals surface area contributed by atoms with Crippen molar-refractivity contribution >= 4 is 23.2 Å². The molecule has 1 fully saturated rings. The molecule has 1 aromatic carbocycles. The maximum Gasteiger partial charge on any atom is 0.254 e. The Labute approximate surface area is 183 Å². The molecule has 30 heavy (non-hydrogen) atoms. The lowest BCUT2D eigenvalue weighted by molar-refractivity contribution is -0.136. The van der Waals surface area contributed by atoms with Crippen molar-refractivity contribution in [2.75, 3.05) is 39.3 Å². The number of amides is 2. The van der Waals surface area contributed by atoms with Gasteiger partial charge in [0.15, 0.2) is 0 Å². The minimum atomic E-state index is -0.357. The lowest BCUT2D eigenvalue weighted by atomic mass is 9.80. The van der Waals surface area contributed by atoms with E-state index < -0.39 is 0 Å². The molecule has 2 aliphatic heterocycles. The van der Waals surface area contributed by atoms with Crippen molar-refractivity contribution in [1.82, 2.24) is 14.7 Å². The standard InChI is InChI=1S/C24H31N3O2S/c1-4-25-11-13-26(14-12-25)24(29)21-18-8-5-6-9-19(18)23(28)27(16-17(2)3)22(21)20-10-7-15-30-20/h5-10,15,17,21-22H,4,11-14,16H2,1-3H3/t21-,22-/m1/s1. The maximum absolute atomic E-state index is 13.9. The Balaban J connectivity index is 1.77. The summed E-state index contributed by atoms with van der Waals surface area (Å²) in [6.45, 7) is 11.4. The van der Waals surface area contributed by atoms with E-state index in [1.807, 2.05) is 45.5 Å². The molecule has 2 atom stereocenters. The second-order valence-corrected chi connectivity index (χ2v) is 9.62. The van der Waals surface area contributed by atoms with Crippen LogP contribution in [0.4, 0.5) is 0 Å². The van der Waals surface area contributed by atoms with Crippen LogP contribution in [0.25, 0.3) is 0 Å². The summed E-state index contributed by atoms with van der Waals surface area (Å²) in [7, 11) is 0. The van der Waals surface area contributed by atoms with Gasteiger partial charge in [-0.15, -0.1) is 11.3 Å². The second kappa shape index (κ2) is 8.90. The van der Waals surface area contributed by atoms with E-state index in [-0.39, 0.29) is 23.8 Å². The van der Waals surface area contributed by atoms with E-state index in [0.717, 1.165) is 43.2 Å². The van der Waals surface area contributed by atoms with Crippen LogP contribution in [0, 0.1) is 5.92 Å². The lowest BCUT2D eigenvalue weighted by Crippen LogP contribution is -2.53. The summed E-state index contributed by atoms with van der Waals surface area (Å²) in [6.07, 6.45) is 0. The molecule has 5 nitrogen and oxygen atoms in total. The summed E-state index contributed by atoms with van der Waals surface area (Å²) in [5, 5.41) is 2.04. The first-order valence-corrected chi connectivity index (χ1v) is 11.8. The Morgan fingerprint density at radius 1 is 1.10 bits per heavy atom. The molecular formula is C24H31N3O2S. The van der Waals surface area contributed by atoms with E-state index in [4.69, 9.17) is 0 Å². The van der Waals surface area contributed by atoms with Crippen LogP contribution in [0.5, 0.6) is 0 Å². The van der Waals surface area contributed by atoms with Gasteiger partial charge in [-0.1, -0.05) is 45.0 Å². The Hall–Kier alpha value is -2.18. The van der Waals surface area contributed by atoms with Gasteiger partial charge in [-0.05, 0) is 35.5 Å².